The summed E-state index contributed by atoms with van der Waals surface area (Å²) in [5.41, 5.74) is 6.83. The van der Waals surface area contributed by atoms with Crippen LogP contribution < -0.4 is 5.73 Å². The monoisotopic (exact) mass is 296 g/mol. The van der Waals surface area contributed by atoms with Gasteiger partial charge in [0.15, 0.2) is 0 Å². The normalized spacial score (nSPS) is 10.2. The van der Waals surface area contributed by atoms with Crippen LogP contribution in [0.25, 0.3) is 0 Å². The number of nitrogen functional groups attached to an aromatic ring is 1. The van der Waals surface area contributed by atoms with Crippen molar-refractivity contribution in [3.05, 3.63) is 57.8 Å². The van der Waals surface area contributed by atoms with Gasteiger partial charge in [0.05, 0.1) is 11.9 Å². The Bertz CT molecular complexity index is 600. The minimum absolute atomic E-state index is 0.0564. The maximum absolute atomic E-state index is 11.7. The van der Waals surface area contributed by atoms with Gasteiger partial charge in [0, 0.05) is 15.6 Å². The number of rotatable bonds is 3. The molecule has 0 radical (unpaired) electrons. The number of nitrogens with zero attached hydrogens (tertiary/aromatic N) is 1. The molecule has 2 N–H and O–H groups in total. The van der Waals surface area contributed by atoms with Crippen LogP contribution in [0.3, 0.4) is 0 Å². The van der Waals surface area contributed by atoms with E-state index in [0.29, 0.717) is 21.3 Å². The van der Waals surface area contributed by atoms with Gasteiger partial charge < -0.3 is 10.5 Å². The van der Waals surface area contributed by atoms with E-state index >= 15 is 0 Å². The van der Waals surface area contributed by atoms with Crippen molar-refractivity contribution < 1.29 is 9.53 Å². The van der Waals surface area contributed by atoms with E-state index in [0.717, 1.165) is 0 Å². The van der Waals surface area contributed by atoms with Crippen LogP contribution in [-0.2, 0) is 11.3 Å². The molecule has 0 unspecified atom stereocenters. The number of hydrogen-bond donors (Lipinski definition) is 1. The molecule has 98 valence electrons. The molecular formula is C13H10Cl2N2O2. The summed E-state index contributed by atoms with van der Waals surface area (Å²) < 4.78 is 5.10. The van der Waals surface area contributed by atoms with Crippen molar-refractivity contribution in [1.29, 1.82) is 0 Å². The van der Waals surface area contributed by atoms with Crippen molar-refractivity contribution in [1.82, 2.24) is 4.98 Å². The third kappa shape index (κ3) is 3.59. The van der Waals surface area contributed by atoms with E-state index in [-0.39, 0.29) is 12.3 Å². The Morgan fingerprint density at radius 3 is 2.68 bits per heavy atom. The fourth-order valence-electron chi connectivity index (χ4n) is 1.38. The molecule has 0 aliphatic rings. The zero-order valence-electron chi connectivity index (χ0n) is 9.77. The molecule has 0 saturated heterocycles. The zero-order chi connectivity index (χ0) is 13.8. The molecule has 1 heterocycles. The first kappa shape index (κ1) is 13.6. The van der Waals surface area contributed by atoms with Crippen molar-refractivity contribution in [2.45, 2.75) is 6.61 Å². The molecule has 0 bridgehead atoms. The highest BCUT2D eigenvalue weighted by atomic mass is 35.5. The van der Waals surface area contributed by atoms with Crippen molar-refractivity contribution in [3.8, 4) is 0 Å². The van der Waals surface area contributed by atoms with E-state index in [1.807, 2.05) is 0 Å². The summed E-state index contributed by atoms with van der Waals surface area (Å²) in [4.78, 5) is 15.6. The van der Waals surface area contributed by atoms with Gasteiger partial charge in [-0.25, -0.2) is 9.78 Å². The molecule has 0 aliphatic carbocycles. The summed E-state index contributed by atoms with van der Waals surface area (Å²) in [6, 6.07) is 8.06. The summed E-state index contributed by atoms with van der Waals surface area (Å²) in [6.45, 7) is 0.0564. The predicted molar refractivity (Wildman–Crippen MR) is 74.2 cm³/mol. The van der Waals surface area contributed by atoms with Crippen LogP contribution in [0.4, 0.5) is 5.69 Å². The molecule has 0 spiro atoms. The lowest BCUT2D eigenvalue weighted by atomic mass is 10.2. The Labute approximate surface area is 120 Å². The Morgan fingerprint density at radius 1 is 1.26 bits per heavy atom. The lowest BCUT2D eigenvalue weighted by Crippen LogP contribution is -2.07. The molecule has 0 atom stereocenters. The van der Waals surface area contributed by atoms with Gasteiger partial charge >= 0.3 is 5.97 Å². The SMILES string of the molecule is Nc1ccc(C(=O)OCc2ccc(Cl)cc2Cl)nc1. The molecule has 0 aliphatic heterocycles. The van der Waals surface area contributed by atoms with Gasteiger partial charge in [-0.3, -0.25) is 0 Å². The molecule has 2 rings (SSSR count). The van der Waals surface area contributed by atoms with Crippen LogP contribution in [-0.4, -0.2) is 11.0 Å². The zero-order valence-corrected chi connectivity index (χ0v) is 11.3. The van der Waals surface area contributed by atoms with Crippen LogP contribution >= 0.6 is 23.2 Å². The number of ether oxygens (including phenoxy) is 1. The Balaban J connectivity index is 2.02. The largest absolute Gasteiger partial charge is 0.456 e. The maximum Gasteiger partial charge on any atom is 0.357 e. The summed E-state index contributed by atoms with van der Waals surface area (Å²) in [5, 5.41) is 0.978. The highest BCUT2D eigenvalue weighted by Crippen LogP contribution is 2.21. The molecule has 19 heavy (non-hydrogen) atoms. The average Bonchev–Trinajstić information content (AvgIpc) is 2.38. The van der Waals surface area contributed by atoms with Gasteiger partial charge in [0.2, 0.25) is 0 Å². The molecule has 4 nitrogen and oxygen atoms in total. The van der Waals surface area contributed by atoms with Crippen molar-refractivity contribution in [3.63, 3.8) is 0 Å². The first-order valence-electron chi connectivity index (χ1n) is 5.39. The number of benzene rings is 1. The van der Waals surface area contributed by atoms with Gasteiger partial charge in [-0.05, 0) is 24.3 Å². The highest BCUT2D eigenvalue weighted by Gasteiger charge is 2.10. The number of pyridine rings is 1. The molecule has 0 saturated carbocycles. The van der Waals surface area contributed by atoms with E-state index < -0.39 is 5.97 Å². The number of halogens is 2. The molecule has 0 fully saturated rings. The quantitative estimate of drug-likeness (QED) is 0.882. The topological polar surface area (TPSA) is 65.2 Å². The second-order valence-electron chi connectivity index (χ2n) is 3.79. The second-order valence-corrected chi connectivity index (χ2v) is 4.63. The first-order chi connectivity index (χ1) is 9.06. The number of hydrogen-bond acceptors (Lipinski definition) is 4. The van der Waals surface area contributed by atoms with Crippen LogP contribution in [0.1, 0.15) is 16.1 Å². The fraction of sp³-hybridized carbons (Fsp3) is 0.0769. The van der Waals surface area contributed by atoms with Gasteiger partial charge in [-0.1, -0.05) is 29.3 Å². The summed E-state index contributed by atoms with van der Waals surface area (Å²) in [6.07, 6.45) is 1.39. The van der Waals surface area contributed by atoms with Crippen LogP contribution in [0.15, 0.2) is 36.5 Å². The van der Waals surface area contributed by atoms with Crippen LogP contribution in [0, 0.1) is 0 Å². The number of carbonyl (C=O) groups is 1. The summed E-state index contributed by atoms with van der Waals surface area (Å²) in [5.74, 6) is -0.536. The third-order valence-electron chi connectivity index (χ3n) is 2.37. The molecular weight excluding hydrogens is 287 g/mol. The number of carbonyl (C=O) groups excluding carboxylic acids is 1. The Morgan fingerprint density at radius 2 is 2.05 bits per heavy atom. The Kier molecular flexibility index (Phi) is 4.24. The number of esters is 1. The third-order valence-corrected chi connectivity index (χ3v) is 2.96. The minimum atomic E-state index is -0.536. The van der Waals surface area contributed by atoms with Crippen molar-refractivity contribution in [2.75, 3.05) is 5.73 Å². The number of aromatic nitrogens is 1. The van der Waals surface area contributed by atoms with Gasteiger partial charge in [0.1, 0.15) is 12.3 Å². The van der Waals surface area contributed by atoms with Crippen LogP contribution in [0.2, 0.25) is 10.0 Å². The molecule has 6 heteroatoms. The molecule has 2 aromatic rings. The minimum Gasteiger partial charge on any atom is -0.456 e. The second kappa shape index (κ2) is 5.91. The van der Waals surface area contributed by atoms with Crippen molar-refractivity contribution >= 4 is 34.9 Å². The molecule has 0 amide bonds. The maximum atomic E-state index is 11.7. The number of anilines is 1. The summed E-state index contributed by atoms with van der Waals surface area (Å²) in [7, 11) is 0. The molecule has 1 aromatic heterocycles. The predicted octanol–water partition coefficient (Wildman–Crippen LogP) is 3.33. The summed E-state index contributed by atoms with van der Waals surface area (Å²) >= 11 is 11.7. The van der Waals surface area contributed by atoms with Gasteiger partial charge in [-0.15, -0.1) is 0 Å². The van der Waals surface area contributed by atoms with E-state index in [1.54, 1.807) is 24.3 Å². The first-order valence-corrected chi connectivity index (χ1v) is 6.14. The van der Waals surface area contributed by atoms with Crippen molar-refractivity contribution in [2.24, 2.45) is 0 Å². The number of nitrogens with two attached hydrogens (primary N) is 1. The Hall–Kier alpha value is -1.78. The average molecular weight is 297 g/mol. The lowest BCUT2D eigenvalue weighted by Gasteiger charge is -2.06. The smallest absolute Gasteiger partial charge is 0.357 e. The van der Waals surface area contributed by atoms with E-state index in [1.165, 1.54) is 12.3 Å². The van der Waals surface area contributed by atoms with Crippen LogP contribution in [0.5, 0.6) is 0 Å². The van der Waals surface area contributed by atoms with E-state index in [9.17, 15) is 4.79 Å². The standard InChI is InChI=1S/C13H10Cl2N2O2/c14-9-2-1-8(11(15)5-9)7-19-13(18)12-4-3-10(16)6-17-12/h1-6H,7,16H2. The highest BCUT2D eigenvalue weighted by molar-refractivity contribution is 6.35. The van der Waals surface area contributed by atoms with Gasteiger partial charge in [0.25, 0.3) is 0 Å². The molecule has 1 aromatic carbocycles. The van der Waals surface area contributed by atoms with Gasteiger partial charge in [-0.2, -0.15) is 0 Å². The lowest BCUT2D eigenvalue weighted by molar-refractivity contribution is 0.0466. The van der Waals surface area contributed by atoms with E-state index in [2.05, 4.69) is 4.98 Å². The van der Waals surface area contributed by atoms with E-state index in [4.69, 9.17) is 33.7 Å². The fourth-order valence-corrected chi connectivity index (χ4v) is 1.85.